The number of imide groups is 1. The first-order valence-corrected chi connectivity index (χ1v) is 11.1. The molecule has 180 valence electrons. The number of fused-ring (bicyclic) bond motifs is 1. The van der Waals surface area contributed by atoms with Crippen LogP contribution in [0.15, 0.2) is 61.1 Å². The van der Waals surface area contributed by atoms with E-state index in [4.69, 9.17) is 0 Å². The van der Waals surface area contributed by atoms with Crippen LogP contribution in [0, 0.1) is 23.5 Å². The first kappa shape index (κ1) is 23.1. The lowest BCUT2D eigenvalue weighted by atomic mass is 9.88. The van der Waals surface area contributed by atoms with Gasteiger partial charge in [0, 0.05) is 36.6 Å². The van der Waals surface area contributed by atoms with Gasteiger partial charge in [-0.2, -0.15) is 0 Å². The van der Waals surface area contributed by atoms with Crippen molar-refractivity contribution in [1.29, 1.82) is 0 Å². The number of nitrogens with zero attached hydrogens (tertiary/aromatic N) is 5. The lowest BCUT2D eigenvalue weighted by molar-refractivity contribution is -0.137. The maximum Gasteiger partial charge on any atom is 0.332 e. The smallest absolute Gasteiger partial charge is 0.307 e. The van der Waals surface area contributed by atoms with Gasteiger partial charge in [-0.3, -0.25) is 19.5 Å². The molecule has 0 spiro atoms. The first-order chi connectivity index (χ1) is 17.3. The predicted molar refractivity (Wildman–Crippen MR) is 126 cm³/mol. The zero-order chi connectivity index (χ0) is 25.4. The first-order valence-electron chi connectivity index (χ1n) is 11.1. The number of carbonyl (C=O) groups is 3. The second kappa shape index (κ2) is 8.85. The van der Waals surface area contributed by atoms with Crippen LogP contribution in [-0.2, 0) is 9.59 Å². The Bertz CT molecular complexity index is 1420. The van der Waals surface area contributed by atoms with E-state index in [9.17, 15) is 14.4 Å². The van der Waals surface area contributed by atoms with E-state index < -0.39 is 47.1 Å². The Balaban J connectivity index is 1.45. The van der Waals surface area contributed by atoms with Crippen LogP contribution in [0.1, 0.15) is 24.5 Å². The number of amides is 4. The maximum atomic E-state index is 15.1. The number of anilines is 2. The molecular weight excluding hydrogens is 468 g/mol. The van der Waals surface area contributed by atoms with Crippen LogP contribution < -0.4 is 9.80 Å². The molecule has 8 nitrogen and oxygen atoms in total. The molecule has 0 aliphatic carbocycles. The highest BCUT2D eigenvalue weighted by molar-refractivity contribution is 6.20. The van der Waals surface area contributed by atoms with Gasteiger partial charge < -0.3 is 4.90 Å². The van der Waals surface area contributed by atoms with Crippen LogP contribution in [0.2, 0.25) is 0 Å². The monoisotopic (exact) mass is 487 g/mol. The van der Waals surface area contributed by atoms with Crippen molar-refractivity contribution in [1.82, 2.24) is 14.9 Å². The summed E-state index contributed by atoms with van der Waals surface area (Å²) in [7, 11) is 0. The fourth-order valence-corrected chi connectivity index (χ4v) is 4.42. The van der Waals surface area contributed by atoms with Crippen LogP contribution >= 0.6 is 0 Å². The highest BCUT2D eigenvalue weighted by Gasteiger charge is 2.56. The summed E-state index contributed by atoms with van der Waals surface area (Å²) in [5.74, 6) is 2.14. The number of rotatable bonds is 2. The van der Waals surface area contributed by atoms with Crippen molar-refractivity contribution in [2.75, 3.05) is 22.9 Å². The minimum atomic E-state index is -1.53. The molecule has 4 amide bonds. The molecule has 10 heteroatoms. The Kier molecular flexibility index (Phi) is 5.68. The van der Waals surface area contributed by atoms with Crippen molar-refractivity contribution in [2.45, 2.75) is 18.9 Å². The van der Waals surface area contributed by atoms with Gasteiger partial charge in [-0.1, -0.05) is 30.0 Å². The third-order valence-electron chi connectivity index (χ3n) is 6.21. The quantitative estimate of drug-likeness (QED) is 0.519. The third kappa shape index (κ3) is 3.84. The lowest BCUT2D eigenvalue weighted by Gasteiger charge is -2.51. The average Bonchev–Trinajstić information content (AvgIpc) is 2.86. The predicted octanol–water partition coefficient (Wildman–Crippen LogP) is 3.12. The molecule has 2 saturated heterocycles. The van der Waals surface area contributed by atoms with Gasteiger partial charge in [-0.15, -0.1) is 0 Å². The summed E-state index contributed by atoms with van der Waals surface area (Å²) in [4.78, 5) is 50.8. The zero-order valence-corrected chi connectivity index (χ0v) is 19.1. The van der Waals surface area contributed by atoms with Gasteiger partial charge in [0.05, 0.1) is 12.6 Å². The van der Waals surface area contributed by atoms with E-state index in [-0.39, 0.29) is 24.5 Å². The summed E-state index contributed by atoms with van der Waals surface area (Å²) in [6, 6.07) is 9.87. The highest BCUT2D eigenvalue weighted by Crippen LogP contribution is 2.37. The average molecular weight is 487 g/mol. The molecule has 0 radical (unpaired) electrons. The van der Waals surface area contributed by atoms with Gasteiger partial charge in [0.25, 0.3) is 5.91 Å². The maximum absolute atomic E-state index is 15.1. The Morgan fingerprint density at radius 1 is 0.944 bits per heavy atom. The summed E-state index contributed by atoms with van der Waals surface area (Å²) in [5, 5.41) is 0. The molecule has 2 aromatic carbocycles. The van der Waals surface area contributed by atoms with Crippen LogP contribution in [0.25, 0.3) is 0 Å². The molecule has 3 aromatic rings. The number of hydrogen-bond donors (Lipinski definition) is 0. The van der Waals surface area contributed by atoms with Crippen molar-refractivity contribution in [3.63, 3.8) is 0 Å². The summed E-state index contributed by atoms with van der Waals surface area (Å²) < 4.78 is 30.2. The molecular formula is C26H19F2N5O3. The van der Waals surface area contributed by atoms with Gasteiger partial charge in [-0.25, -0.2) is 23.5 Å². The van der Waals surface area contributed by atoms with Crippen LogP contribution in [-0.4, -0.2) is 51.3 Å². The second-order valence-corrected chi connectivity index (χ2v) is 8.54. The molecule has 5 rings (SSSR count). The Morgan fingerprint density at radius 2 is 1.64 bits per heavy atom. The van der Waals surface area contributed by atoms with Gasteiger partial charge >= 0.3 is 6.03 Å². The van der Waals surface area contributed by atoms with Crippen molar-refractivity contribution < 1.29 is 23.2 Å². The van der Waals surface area contributed by atoms with Crippen LogP contribution in [0.3, 0.4) is 0 Å². The number of urea groups is 1. The molecule has 2 aliphatic rings. The summed E-state index contributed by atoms with van der Waals surface area (Å²) in [5.41, 5.74) is -1.62. The van der Waals surface area contributed by atoms with E-state index >= 15 is 8.78 Å². The number of hydrogen-bond acceptors (Lipinski definition) is 5. The lowest BCUT2D eigenvalue weighted by Crippen LogP contribution is -2.73. The zero-order valence-electron chi connectivity index (χ0n) is 19.1. The van der Waals surface area contributed by atoms with Gasteiger partial charge in [0.2, 0.25) is 5.91 Å². The van der Waals surface area contributed by atoms with Crippen molar-refractivity contribution in [3.8, 4) is 11.8 Å². The van der Waals surface area contributed by atoms with E-state index in [1.165, 1.54) is 35.3 Å². The van der Waals surface area contributed by atoms with Gasteiger partial charge in [0.15, 0.2) is 17.5 Å². The second-order valence-electron chi connectivity index (χ2n) is 8.54. The minimum Gasteiger partial charge on any atom is -0.307 e. The molecule has 1 atom stereocenters. The molecule has 0 bridgehead atoms. The van der Waals surface area contributed by atoms with E-state index in [1.54, 1.807) is 24.3 Å². The van der Waals surface area contributed by atoms with Crippen LogP contribution in [0.5, 0.6) is 0 Å². The van der Waals surface area contributed by atoms with Crippen molar-refractivity contribution in [2.24, 2.45) is 0 Å². The Hall–Kier alpha value is -4.65. The number of carbonyl (C=O) groups excluding carboxylic acids is 3. The van der Waals surface area contributed by atoms with E-state index in [2.05, 4.69) is 21.8 Å². The topological polar surface area (TPSA) is 86.7 Å². The minimum absolute atomic E-state index is 0.0330. The number of halogens is 2. The van der Waals surface area contributed by atoms with E-state index in [1.807, 2.05) is 6.07 Å². The van der Waals surface area contributed by atoms with Crippen LogP contribution in [0.4, 0.5) is 25.1 Å². The normalized spacial score (nSPS) is 19.6. The Labute approximate surface area is 205 Å². The summed E-state index contributed by atoms with van der Waals surface area (Å²) in [6.07, 6.45) is 3.83. The molecule has 2 fully saturated rings. The molecule has 0 N–H and O–H groups in total. The van der Waals surface area contributed by atoms with Gasteiger partial charge in [0.1, 0.15) is 11.2 Å². The molecule has 1 unspecified atom stereocenters. The highest BCUT2D eigenvalue weighted by atomic mass is 19.1. The van der Waals surface area contributed by atoms with E-state index in [0.717, 1.165) is 12.1 Å². The largest absolute Gasteiger partial charge is 0.332 e. The molecule has 36 heavy (non-hydrogen) atoms. The molecule has 2 aliphatic heterocycles. The fourth-order valence-electron chi connectivity index (χ4n) is 4.42. The molecule has 0 saturated carbocycles. The van der Waals surface area contributed by atoms with Crippen molar-refractivity contribution in [3.05, 3.63) is 83.8 Å². The number of piperazine rings is 1. The van der Waals surface area contributed by atoms with Gasteiger partial charge in [-0.05, 0) is 31.2 Å². The number of aromatic nitrogens is 2. The summed E-state index contributed by atoms with van der Waals surface area (Å²) in [6.45, 7) is 1.57. The molecule has 3 heterocycles. The summed E-state index contributed by atoms with van der Waals surface area (Å²) >= 11 is 0. The van der Waals surface area contributed by atoms with Crippen molar-refractivity contribution >= 4 is 29.4 Å². The Morgan fingerprint density at radius 3 is 2.31 bits per heavy atom. The van der Waals surface area contributed by atoms with E-state index in [0.29, 0.717) is 10.5 Å². The standard InChI is InChI=1S/C26H19F2N5O3/c1-26-15-22(34)33(25(36)32(26)12-11-31(24(26)35)21-16-29-9-10-30-21)23-19(27)13-18(14-20(23)28)8-7-17-5-3-2-4-6-17/h2-6,9-10,13-14,16H,11-12,15H2,1H3. The molecule has 1 aromatic heterocycles. The third-order valence-corrected chi connectivity index (χ3v) is 6.21. The SMILES string of the molecule is CC12CC(=O)N(c3c(F)cc(C#Cc4ccccc4)cc3F)C(=O)N1CCN(c1cnccn1)C2=O. The fraction of sp³-hybridized carbons (Fsp3) is 0.192. The number of benzene rings is 2.